The first kappa shape index (κ1) is 27.5. The second-order valence-electron chi connectivity index (χ2n) is 12.9. The quantitative estimate of drug-likeness (QED) is 0.262. The van der Waals surface area contributed by atoms with Crippen molar-refractivity contribution in [3.8, 4) is 11.1 Å². The summed E-state index contributed by atoms with van der Waals surface area (Å²) in [6.45, 7) is 7.20. The van der Waals surface area contributed by atoms with Crippen LogP contribution in [-0.4, -0.2) is 0 Å². The van der Waals surface area contributed by atoms with Crippen molar-refractivity contribution in [3.63, 3.8) is 0 Å². The molecule has 0 radical (unpaired) electrons. The predicted molar refractivity (Wildman–Crippen MR) is 159 cm³/mol. The van der Waals surface area contributed by atoms with E-state index in [9.17, 15) is 0 Å². The Morgan fingerprint density at radius 1 is 0.583 bits per heavy atom. The number of unbranched alkanes of at least 4 members (excludes halogenated alkanes) is 5. The molecule has 0 bridgehead atoms. The molecule has 0 unspecified atom stereocenters. The smallest absolute Gasteiger partial charge is 0.0162 e. The van der Waals surface area contributed by atoms with Crippen molar-refractivity contribution in [3.05, 3.63) is 59.7 Å². The van der Waals surface area contributed by atoms with E-state index in [1.807, 2.05) is 0 Å². The lowest BCUT2D eigenvalue weighted by molar-refractivity contribution is 0.177. The molecule has 4 rings (SSSR count). The Morgan fingerprint density at radius 2 is 1.08 bits per heavy atom. The molecule has 2 aromatic carbocycles. The molecule has 2 aliphatic rings. The van der Waals surface area contributed by atoms with Crippen LogP contribution in [0.25, 0.3) is 11.1 Å². The summed E-state index contributed by atoms with van der Waals surface area (Å²) in [4.78, 5) is 0. The van der Waals surface area contributed by atoms with Gasteiger partial charge < -0.3 is 0 Å². The minimum Gasteiger partial charge on any atom is -0.0654 e. The summed E-state index contributed by atoms with van der Waals surface area (Å²) in [7, 11) is 0. The topological polar surface area (TPSA) is 0 Å². The van der Waals surface area contributed by atoms with Gasteiger partial charge in [-0.05, 0) is 103 Å². The molecule has 0 heteroatoms. The zero-order chi connectivity index (χ0) is 25.2. The van der Waals surface area contributed by atoms with Gasteiger partial charge in [0.1, 0.15) is 0 Å². The summed E-state index contributed by atoms with van der Waals surface area (Å²) < 4.78 is 0. The molecule has 0 amide bonds. The zero-order valence-electron chi connectivity index (χ0n) is 23.9. The van der Waals surface area contributed by atoms with Gasteiger partial charge in [0, 0.05) is 0 Å². The van der Waals surface area contributed by atoms with Gasteiger partial charge in [0.05, 0.1) is 0 Å². The third kappa shape index (κ3) is 7.72. The molecule has 0 spiro atoms. The minimum absolute atomic E-state index is 0.596. The molecule has 0 nitrogen and oxygen atoms in total. The first-order valence-electron chi connectivity index (χ1n) is 15.8. The van der Waals surface area contributed by atoms with Crippen LogP contribution in [0.3, 0.4) is 0 Å². The van der Waals surface area contributed by atoms with E-state index in [4.69, 9.17) is 0 Å². The van der Waals surface area contributed by atoms with Crippen molar-refractivity contribution >= 4 is 0 Å². The largest absolute Gasteiger partial charge is 0.0654 e. The van der Waals surface area contributed by atoms with E-state index < -0.39 is 0 Å². The van der Waals surface area contributed by atoms with Gasteiger partial charge in [0.15, 0.2) is 0 Å². The van der Waals surface area contributed by atoms with Crippen LogP contribution in [0.1, 0.15) is 153 Å². The van der Waals surface area contributed by atoms with E-state index in [1.54, 1.807) is 11.1 Å². The highest BCUT2D eigenvalue weighted by Gasteiger charge is 2.31. The number of hydrogen-bond acceptors (Lipinski definition) is 0. The second kappa shape index (κ2) is 13.8. The molecule has 0 aliphatic heterocycles. The summed E-state index contributed by atoms with van der Waals surface area (Å²) in [6, 6.07) is 19.2. The van der Waals surface area contributed by atoms with Crippen molar-refractivity contribution in [1.29, 1.82) is 0 Å². The molecule has 2 aromatic rings. The van der Waals surface area contributed by atoms with Gasteiger partial charge in [-0.1, -0.05) is 121 Å². The van der Waals surface area contributed by atoms with Crippen LogP contribution in [0.4, 0.5) is 0 Å². The maximum Gasteiger partial charge on any atom is -0.0162 e. The molecule has 0 N–H and O–H groups in total. The minimum atomic E-state index is 0.596. The van der Waals surface area contributed by atoms with Gasteiger partial charge in [-0.3, -0.25) is 0 Å². The van der Waals surface area contributed by atoms with Gasteiger partial charge in [-0.25, -0.2) is 0 Å². The van der Waals surface area contributed by atoms with Crippen LogP contribution in [0.5, 0.6) is 0 Å². The molecular formula is C36H54. The molecular weight excluding hydrogens is 432 g/mol. The van der Waals surface area contributed by atoms with E-state index in [0.717, 1.165) is 17.8 Å². The first-order chi connectivity index (χ1) is 17.6. The number of rotatable bonds is 12. The molecule has 0 atom stereocenters. The second-order valence-corrected chi connectivity index (χ2v) is 12.9. The Kier molecular flexibility index (Phi) is 10.6. The SMILES string of the molecule is CCCCCCCC1(C)CCC(c2ccc(-c3ccc(C4CCC(CCCC)CC4)cc3)cc2)CC1. The zero-order valence-corrected chi connectivity index (χ0v) is 23.9. The van der Waals surface area contributed by atoms with Gasteiger partial charge in [-0.2, -0.15) is 0 Å². The van der Waals surface area contributed by atoms with E-state index in [-0.39, 0.29) is 0 Å². The van der Waals surface area contributed by atoms with Crippen LogP contribution in [-0.2, 0) is 0 Å². The molecule has 0 aromatic heterocycles. The standard InChI is InChI=1S/C36H54/c1-4-6-8-9-10-26-36(3)27-24-35(25-28-36)34-22-20-33(21-23-34)32-18-16-31(17-19-32)30-14-12-29(13-15-30)11-7-5-2/h16-23,29-30,35H,4-15,24-28H2,1-3H3. The summed E-state index contributed by atoms with van der Waals surface area (Å²) in [6.07, 6.45) is 24.0. The highest BCUT2D eigenvalue weighted by atomic mass is 14.4. The molecule has 198 valence electrons. The van der Waals surface area contributed by atoms with Crippen molar-refractivity contribution in [1.82, 2.24) is 0 Å². The summed E-state index contributed by atoms with van der Waals surface area (Å²) in [5, 5.41) is 0. The molecule has 2 fully saturated rings. The fraction of sp³-hybridized carbons (Fsp3) is 0.667. The third-order valence-corrected chi connectivity index (χ3v) is 9.99. The average Bonchev–Trinajstić information content (AvgIpc) is 2.93. The summed E-state index contributed by atoms with van der Waals surface area (Å²) in [5.74, 6) is 2.54. The number of benzene rings is 2. The average molecular weight is 487 g/mol. The molecule has 2 aliphatic carbocycles. The fourth-order valence-corrected chi connectivity index (χ4v) is 7.23. The van der Waals surface area contributed by atoms with Gasteiger partial charge in [0.25, 0.3) is 0 Å². The van der Waals surface area contributed by atoms with E-state index in [0.29, 0.717) is 5.41 Å². The lowest BCUT2D eigenvalue weighted by Crippen LogP contribution is -2.23. The monoisotopic (exact) mass is 486 g/mol. The highest BCUT2D eigenvalue weighted by molar-refractivity contribution is 5.64. The Labute approximate surface area is 223 Å². The fourth-order valence-electron chi connectivity index (χ4n) is 7.23. The van der Waals surface area contributed by atoms with Crippen LogP contribution >= 0.6 is 0 Å². The summed E-state index contributed by atoms with van der Waals surface area (Å²) in [5.41, 5.74) is 6.49. The molecule has 0 saturated heterocycles. The first-order valence-corrected chi connectivity index (χ1v) is 15.8. The predicted octanol–water partition coefficient (Wildman–Crippen LogP) is 11.8. The van der Waals surface area contributed by atoms with Crippen LogP contribution in [0, 0.1) is 11.3 Å². The molecule has 36 heavy (non-hydrogen) atoms. The van der Waals surface area contributed by atoms with Gasteiger partial charge >= 0.3 is 0 Å². The van der Waals surface area contributed by atoms with Crippen LogP contribution in [0.15, 0.2) is 48.5 Å². The highest BCUT2D eigenvalue weighted by Crippen LogP contribution is 2.46. The van der Waals surface area contributed by atoms with E-state index >= 15 is 0 Å². The Morgan fingerprint density at radius 3 is 1.61 bits per heavy atom. The van der Waals surface area contributed by atoms with Gasteiger partial charge in [0.2, 0.25) is 0 Å². The normalized spacial score (nSPS) is 26.7. The van der Waals surface area contributed by atoms with Crippen LogP contribution in [0.2, 0.25) is 0 Å². The van der Waals surface area contributed by atoms with Crippen LogP contribution < -0.4 is 0 Å². The van der Waals surface area contributed by atoms with E-state index in [2.05, 4.69) is 69.3 Å². The Balaban J connectivity index is 1.25. The Hall–Kier alpha value is -1.56. The lowest BCUT2D eigenvalue weighted by Gasteiger charge is -2.38. The van der Waals surface area contributed by atoms with Crippen molar-refractivity contribution < 1.29 is 0 Å². The summed E-state index contributed by atoms with van der Waals surface area (Å²) >= 11 is 0. The van der Waals surface area contributed by atoms with Crippen molar-refractivity contribution in [2.45, 2.75) is 142 Å². The van der Waals surface area contributed by atoms with E-state index in [1.165, 1.54) is 120 Å². The molecule has 2 saturated carbocycles. The molecule has 0 heterocycles. The Bertz CT molecular complexity index is 857. The maximum absolute atomic E-state index is 2.56. The van der Waals surface area contributed by atoms with Crippen molar-refractivity contribution in [2.24, 2.45) is 11.3 Å². The number of hydrogen-bond donors (Lipinski definition) is 0. The van der Waals surface area contributed by atoms with Gasteiger partial charge in [-0.15, -0.1) is 0 Å². The maximum atomic E-state index is 2.56. The van der Waals surface area contributed by atoms with Crippen molar-refractivity contribution in [2.75, 3.05) is 0 Å². The lowest BCUT2D eigenvalue weighted by atomic mass is 9.68. The third-order valence-electron chi connectivity index (χ3n) is 9.99.